The first kappa shape index (κ1) is 12.4. The molecule has 0 N–H and O–H groups in total. The van der Waals surface area contributed by atoms with E-state index in [0.29, 0.717) is 26.3 Å². The molecule has 0 aliphatic heterocycles. The van der Waals surface area contributed by atoms with Gasteiger partial charge in [0.05, 0.1) is 21.9 Å². The zero-order chi connectivity index (χ0) is 12.6. The monoisotopic (exact) mass is 288 g/mol. The molecule has 1 aromatic heterocycles. The van der Waals surface area contributed by atoms with Crippen LogP contribution in [0.1, 0.15) is 5.56 Å². The van der Waals surface area contributed by atoms with E-state index in [4.69, 9.17) is 34.8 Å². The van der Waals surface area contributed by atoms with Gasteiger partial charge in [-0.25, -0.2) is 0 Å². The smallest absolute Gasteiger partial charge is 0.267 e. The van der Waals surface area contributed by atoms with E-state index in [2.05, 4.69) is 5.10 Å². The van der Waals surface area contributed by atoms with Crippen molar-refractivity contribution in [2.45, 2.75) is 6.92 Å². The van der Waals surface area contributed by atoms with E-state index >= 15 is 0 Å². The molecule has 0 amide bonds. The Morgan fingerprint density at radius 2 is 1.88 bits per heavy atom. The molecule has 0 aliphatic rings. The van der Waals surface area contributed by atoms with Crippen LogP contribution in [0.15, 0.2) is 29.2 Å². The zero-order valence-corrected chi connectivity index (χ0v) is 11.0. The Morgan fingerprint density at radius 3 is 2.53 bits per heavy atom. The van der Waals surface area contributed by atoms with Gasteiger partial charge >= 0.3 is 0 Å². The van der Waals surface area contributed by atoms with Crippen molar-refractivity contribution in [3.63, 3.8) is 0 Å². The molecule has 88 valence electrons. The summed E-state index contributed by atoms with van der Waals surface area (Å²) in [6, 6.07) is 4.82. The number of halogens is 3. The molecular weight excluding hydrogens is 282 g/mol. The minimum atomic E-state index is -0.304. The van der Waals surface area contributed by atoms with Gasteiger partial charge in [0, 0.05) is 10.6 Å². The minimum absolute atomic E-state index is 0.304. The highest BCUT2D eigenvalue weighted by molar-refractivity contribution is 6.35. The molecule has 0 radical (unpaired) electrons. The molecule has 1 heterocycles. The molecule has 0 fully saturated rings. The van der Waals surface area contributed by atoms with Crippen LogP contribution < -0.4 is 5.56 Å². The van der Waals surface area contributed by atoms with E-state index in [-0.39, 0.29) is 5.56 Å². The first-order chi connectivity index (χ1) is 8.00. The van der Waals surface area contributed by atoms with Gasteiger partial charge in [-0.2, -0.15) is 9.78 Å². The van der Waals surface area contributed by atoms with E-state index in [9.17, 15) is 4.79 Å². The number of nitrogens with zero attached hydrogens (tertiary/aromatic N) is 2. The van der Waals surface area contributed by atoms with E-state index in [1.54, 1.807) is 25.1 Å². The van der Waals surface area contributed by atoms with Gasteiger partial charge in [0.1, 0.15) is 0 Å². The first-order valence-electron chi connectivity index (χ1n) is 4.70. The van der Waals surface area contributed by atoms with Crippen LogP contribution in [0.4, 0.5) is 0 Å². The van der Waals surface area contributed by atoms with Crippen molar-refractivity contribution in [3.8, 4) is 5.69 Å². The topological polar surface area (TPSA) is 34.9 Å². The maximum atomic E-state index is 12.0. The van der Waals surface area contributed by atoms with Crippen molar-refractivity contribution < 1.29 is 0 Å². The quantitative estimate of drug-likeness (QED) is 0.805. The first-order valence-corrected chi connectivity index (χ1v) is 5.84. The Hall–Kier alpha value is -1.03. The number of hydrogen-bond donors (Lipinski definition) is 0. The Labute approximate surface area is 113 Å². The van der Waals surface area contributed by atoms with Crippen molar-refractivity contribution in [2.24, 2.45) is 0 Å². The largest absolute Gasteiger partial charge is 0.275 e. The number of rotatable bonds is 1. The van der Waals surface area contributed by atoms with Crippen molar-refractivity contribution >= 4 is 34.8 Å². The molecule has 0 bridgehead atoms. The van der Waals surface area contributed by atoms with Gasteiger partial charge in [0.25, 0.3) is 5.56 Å². The fourth-order valence-corrected chi connectivity index (χ4v) is 1.96. The van der Waals surface area contributed by atoms with E-state index < -0.39 is 0 Å². The van der Waals surface area contributed by atoms with E-state index in [1.165, 1.54) is 10.9 Å². The van der Waals surface area contributed by atoms with Crippen LogP contribution in [0.25, 0.3) is 5.69 Å². The normalized spacial score (nSPS) is 10.6. The van der Waals surface area contributed by atoms with Crippen molar-refractivity contribution in [1.29, 1.82) is 0 Å². The highest BCUT2D eigenvalue weighted by Crippen LogP contribution is 2.23. The number of hydrogen-bond acceptors (Lipinski definition) is 2. The standard InChI is InChI=1S/C11H7Cl3N2O/c1-6-9(14)5-15-16(11(6)17)10-3-2-7(12)4-8(10)13/h2-5H,1H3. The van der Waals surface area contributed by atoms with Crippen molar-refractivity contribution in [3.05, 3.63) is 55.4 Å². The third-order valence-electron chi connectivity index (χ3n) is 2.30. The third-order valence-corrected chi connectivity index (χ3v) is 3.21. The maximum Gasteiger partial charge on any atom is 0.275 e. The van der Waals surface area contributed by atoms with Crippen LogP contribution in [-0.2, 0) is 0 Å². The van der Waals surface area contributed by atoms with Crippen LogP contribution in [-0.4, -0.2) is 9.78 Å². The lowest BCUT2D eigenvalue weighted by Crippen LogP contribution is -2.23. The average molecular weight is 290 g/mol. The maximum absolute atomic E-state index is 12.0. The minimum Gasteiger partial charge on any atom is -0.267 e. The van der Waals surface area contributed by atoms with E-state index in [1.807, 2.05) is 0 Å². The van der Waals surface area contributed by atoms with Gasteiger partial charge in [0.2, 0.25) is 0 Å². The lowest BCUT2D eigenvalue weighted by atomic mass is 10.3. The van der Waals surface area contributed by atoms with Crippen LogP contribution in [0.2, 0.25) is 15.1 Å². The van der Waals surface area contributed by atoms with Gasteiger partial charge < -0.3 is 0 Å². The van der Waals surface area contributed by atoms with Gasteiger partial charge in [-0.3, -0.25) is 4.79 Å². The molecule has 0 atom stereocenters. The van der Waals surface area contributed by atoms with Crippen molar-refractivity contribution in [1.82, 2.24) is 9.78 Å². The summed E-state index contributed by atoms with van der Waals surface area (Å²) in [6.45, 7) is 1.63. The second kappa shape index (κ2) is 4.69. The average Bonchev–Trinajstić information content (AvgIpc) is 2.28. The second-order valence-electron chi connectivity index (χ2n) is 3.43. The predicted molar refractivity (Wildman–Crippen MR) is 69.6 cm³/mol. The summed E-state index contributed by atoms with van der Waals surface area (Å²) in [5.74, 6) is 0. The molecule has 0 saturated heterocycles. The summed E-state index contributed by atoms with van der Waals surface area (Å²) in [7, 11) is 0. The van der Waals surface area contributed by atoms with Crippen LogP contribution in [0, 0.1) is 6.92 Å². The van der Waals surface area contributed by atoms with Gasteiger partial charge in [0.15, 0.2) is 0 Å². The Morgan fingerprint density at radius 1 is 1.18 bits per heavy atom. The molecule has 0 unspecified atom stereocenters. The number of benzene rings is 1. The molecule has 0 aliphatic carbocycles. The SMILES string of the molecule is Cc1c(Cl)cnn(-c2ccc(Cl)cc2Cl)c1=O. The fourth-order valence-electron chi connectivity index (χ4n) is 1.34. The molecule has 17 heavy (non-hydrogen) atoms. The van der Waals surface area contributed by atoms with Gasteiger partial charge in [-0.1, -0.05) is 34.8 Å². The van der Waals surface area contributed by atoms with Crippen LogP contribution >= 0.6 is 34.8 Å². The summed E-state index contributed by atoms with van der Waals surface area (Å²) >= 11 is 17.6. The molecule has 6 heteroatoms. The molecule has 0 spiro atoms. The summed E-state index contributed by atoms with van der Waals surface area (Å²) < 4.78 is 1.19. The lowest BCUT2D eigenvalue weighted by molar-refractivity contribution is 0.797. The second-order valence-corrected chi connectivity index (χ2v) is 4.68. The number of aromatic nitrogens is 2. The molecule has 3 nitrogen and oxygen atoms in total. The molecule has 2 aromatic rings. The van der Waals surface area contributed by atoms with Crippen LogP contribution in [0.3, 0.4) is 0 Å². The fraction of sp³-hybridized carbons (Fsp3) is 0.0909. The third kappa shape index (κ3) is 2.32. The highest BCUT2D eigenvalue weighted by Gasteiger charge is 2.10. The zero-order valence-electron chi connectivity index (χ0n) is 8.75. The Kier molecular flexibility index (Phi) is 3.43. The molecular formula is C11H7Cl3N2O. The Bertz CT molecular complexity index is 637. The molecule has 1 aromatic carbocycles. The van der Waals surface area contributed by atoms with E-state index in [0.717, 1.165) is 0 Å². The highest BCUT2D eigenvalue weighted by atomic mass is 35.5. The van der Waals surface area contributed by atoms with Crippen LogP contribution in [0.5, 0.6) is 0 Å². The van der Waals surface area contributed by atoms with Gasteiger partial charge in [-0.05, 0) is 25.1 Å². The molecule has 0 saturated carbocycles. The predicted octanol–water partition coefficient (Wildman–Crippen LogP) is 3.50. The summed E-state index contributed by atoms with van der Waals surface area (Å²) in [6.07, 6.45) is 1.41. The summed E-state index contributed by atoms with van der Waals surface area (Å²) in [5.41, 5.74) is 0.593. The lowest BCUT2D eigenvalue weighted by Gasteiger charge is -2.08. The van der Waals surface area contributed by atoms with Crippen molar-refractivity contribution in [2.75, 3.05) is 0 Å². The summed E-state index contributed by atoms with van der Waals surface area (Å²) in [5, 5.41) is 5.13. The summed E-state index contributed by atoms with van der Waals surface area (Å²) in [4.78, 5) is 12.0. The molecule has 2 rings (SSSR count). The van der Waals surface area contributed by atoms with Gasteiger partial charge in [-0.15, -0.1) is 0 Å². The Balaban J connectivity index is 2.70.